The number of unbranched alkanes of at least 4 members (excludes halogenated alkanes) is 1. The quantitative estimate of drug-likeness (QED) is 0.447. The minimum Gasteiger partial charge on any atom is -0.396 e. The average Bonchev–Trinajstić information content (AvgIpc) is 3.41. The smallest absolute Gasteiger partial charge is 0.247 e. The Bertz CT molecular complexity index is 760. The van der Waals surface area contributed by atoms with Crippen LogP contribution in [0.25, 0.3) is 0 Å². The Labute approximate surface area is 195 Å². The van der Waals surface area contributed by atoms with Crippen LogP contribution in [0, 0.1) is 11.8 Å². The number of likely N-dealkylation sites (N-methyl/N-ethyl adjacent to an activating group) is 1. The normalized spacial score (nSPS) is 30.3. The van der Waals surface area contributed by atoms with E-state index in [9.17, 15) is 19.5 Å². The molecule has 0 aromatic rings. The van der Waals surface area contributed by atoms with Crippen LogP contribution in [0.1, 0.15) is 39.0 Å². The van der Waals surface area contributed by atoms with Gasteiger partial charge in [-0.15, -0.1) is 24.9 Å². The van der Waals surface area contributed by atoms with Crippen molar-refractivity contribution in [2.24, 2.45) is 11.8 Å². The molecule has 0 saturated carbocycles. The van der Waals surface area contributed by atoms with E-state index in [2.05, 4.69) is 20.1 Å². The molecule has 178 valence electrons. The fraction of sp³-hybridized carbons (Fsp3) is 0.708. The highest BCUT2D eigenvalue weighted by molar-refractivity contribution is 8.02. The Morgan fingerprint density at radius 1 is 1.25 bits per heavy atom. The molecule has 0 aromatic carbocycles. The molecule has 3 heterocycles. The van der Waals surface area contributed by atoms with E-state index in [1.807, 2.05) is 4.90 Å². The van der Waals surface area contributed by atoms with Gasteiger partial charge in [-0.05, 0) is 25.7 Å². The average molecular weight is 464 g/mol. The molecule has 8 heteroatoms. The van der Waals surface area contributed by atoms with Gasteiger partial charge in [-0.2, -0.15) is 0 Å². The van der Waals surface area contributed by atoms with E-state index in [1.54, 1.807) is 40.8 Å². The summed E-state index contributed by atoms with van der Waals surface area (Å²) in [7, 11) is 1.75. The van der Waals surface area contributed by atoms with Crippen LogP contribution in [-0.4, -0.2) is 93.4 Å². The third-order valence-corrected chi connectivity index (χ3v) is 9.05. The second kappa shape index (κ2) is 10.4. The van der Waals surface area contributed by atoms with Crippen LogP contribution >= 0.6 is 11.8 Å². The first-order valence-electron chi connectivity index (χ1n) is 11.7. The monoisotopic (exact) mass is 463 g/mol. The van der Waals surface area contributed by atoms with Gasteiger partial charge in [0.15, 0.2) is 0 Å². The molecule has 3 fully saturated rings. The van der Waals surface area contributed by atoms with Crippen LogP contribution in [0.4, 0.5) is 0 Å². The van der Waals surface area contributed by atoms with E-state index >= 15 is 0 Å². The lowest BCUT2D eigenvalue weighted by atomic mass is 9.70. The zero-order valence-corrected chi connectivity index (χ0v) is 20.2. The summed E-state index contributed by atoms with van der Waals surface area (Å²) < 4.78 is -0.574. The summed E-state index contributed by atoms with van der Waals surface area (Å²) in [5, 5.41) is 9.49. The van der Waals surface area contributed by atoms with E-state index in [-0.39, 0.29) is 29.6 Å². The largest absolute Gasteiger partial charge is 0.396 e. The molecule has 3 amide bonds. The van der Waals surface area contributed by atoms with Crippen molar-refractivity contribution in [3.63, 3.8) is 0 Å². The van der Waals surface area contributed by atoms with Crippen LogP contribution in [-0.2, 0) is 14.4 Å². The van der Waals surface area contributed by atoms with Gasteiger partial charge in [0, 0.05) is 45.1 Å². The third-order valence-electron chi connectivity index (χ3n) is 7.10. The Balaban J connectivity index is 1.98. The topological polar surface area (TPSA) is 81.2 Å². The lowest BCUT2D eigenvalue weighted by Gasteiger charge is -2.37. The molecule has 32 heavy (non-hydrogen) atoms. The maximum Gasteiger partial charge on any atom is 0.247 e. The van der Waals surface area contributed by atoms with Crippen molar-refractivity contribution in [1.29, 1.82) is 0 Å². The molecule has 2 bridgehead atoms. The molecule has 1 N–H and O–H groups in total. The first-order valence-corrected chi connectivity index (χ1v) is 12.6. The number of carbonyl (C=O) groups excluding carboxylic acids is 3. The van der Waals surface area contributed by atoms with Crippen LogP contribution in [0.3, 0.4) is 0 Å². The fourth-order valence-electron chi connectivity index (χ4n) is 5.70. The number of carbonyl (C=O) groups is 3. The SMILES string of the molecule is C=CCN(C)C(=O)[C@@H]1[C@H]2C(=O)N(CCCO)C(C(=O)N(CC=C)CCCC)C23CC[C@H]1S3. The fourth-order valence-corrected chi connectivity index (χ4v) is 7.91. The second-order valence-electron chi connectivity index (χ2n) is 9.10. The summed E-state index contributed by atoms with van der Waals surface area (Å²) >= 11 is 1.69. The van der Waals surface area contributed by atoms with E-state index in [0.29, 0.717) is 32.6 Å². The molecular weight excluding hydrogens is 426 g/mol. The maximum absolute atomic E-state index is 13.9. The Hall–Kier alpha value is -1.80. The molecule has 2 unspecified atom stereocenters. The lowest BCUT2D eigenvalue weighted by molar-refractivity contribution is -0.144. The van der Waals surface area contributed by atoms with Crippen molar-refractivity contribution < 1.29 is 19.5 Å². The number of hydrogen-bond donors (Lipinski definition) is 1. The first kappa shape index (κ1) is 24.8. The number of aliphatic hydroxyl groups is 1. The van der Waals surface area contributed by atoms with Gasteiger partial charge in [0.1, 0.15) is 6.04 Å². The number of nitrogens with zero attached hydrogens (tertiary/aromatic N) is 3. The van der Waals surface area contributed by atoms with Gasteiger partial charge < -0.3 is 19.8 Å². The van der Waals surface area contributed by atoms with Gasteiger partial charge >= 0.3 is 0 Å². The number of likely N-dealkylation sites (tertiary alicyclic amines) is 1. The van der Waals surface area contributed by atoms with Crippen molar-refractivity contribution in [1.82, 2.24) is 14.7 Å². The lowest BCUT2D eigenvalue weighted by Crippen LogP contribution is -2.55. The molecule has 1 spiro atoms. The van der Waals surface area contributed by atoms with E-state index in [0.717, 1.165) is 25.7 Å². The summed E-state index contributed by atoms with van der Waals surface area (Å²) in [4.78, 5) is 46.1. The molecule has 3 rings (SSSR count). The molecule has 3 aliphatic rings. The van der Waals surface area contributed by atoms with Gasteiger partial charge in [-0.25, -0.2) is 0 Å². The van der Waals surface area contributed by atoms with E-state index in [1.165, 1.54) is 0 Å². The summed E-state index contributed by atoms with van der Waals surface area (Å²) in [6, 6.07) is -0.596. The zero-order valence-electron chi connectivity index (χ0n) is 19.4. The number of rotatable bonds is 12. The molecule has 0 radical (unpaired) electrons. The molecule has 7 nitrogen and oxygen atoms in total. The molecule has 0 aliphatic carbocycles. The molecular formula is C24H37N3O4S. The van der Waals surface area contributed by atoms with Gasteiger partial charge in [0.2, 0.25) is 17.7 Å². The highest BCUT2D eigenvalue weighted by atomic mass is 32.2. The van der Waals surface area contributed by atoms with Crippen molar-refractivity contribution in [3.8, 4) is 0 Å². The minimum atomic E-state index is -0.596. The minimum absolute atomic E-state index is 0.0357. The molecule has 5 atom stereocenters. The van der Waals surface area contributed by atoms with Crippen molar-refractivity contribution >= 4 is 29.5 Å². The highest BCUT2D eigenvalue weighted by Crippen LogP contribution is 2.66. The van der Waals surface area contributed by atoms with E-state index in [4.69, 9.17) is 0 Å². The molecule has 3 saturated heterocycles. The van der Waals surface area contributed by atoms with Crippen LogP contribution in [0.2, 0.25) is 0 Å². The van der Waals surface area contributed by atoms with Gasteiger partial charge in [0.05, 0.1) is 16.6 Å². The third kappa shape index (κ3) is 4.12. The standard InChI is InChI=1S/C24H37N3O4S/c1-5-8-14-26(13-7-3)23(31)20-24-11-10-17(32-24)18(21(29)25(4)12-6-2)19(24)22(30)27(20)15-9-16-28/h6-7,17-20,28H,2-3,5,8-16H2,1,4H3/t17-,18+,19+,20?,24?/m1/s1. The van der Waals surface area contributed by atoms with E-state index < -0.39 is 22.6 Å². The Morgan fingerprint density at radius 3 is 2.59 bits per heavy atom. The van der Waals surface area contributed by atoms with Crippen molar-refractivity contribution in [2.45, 2.75) is 55.1 Å². The van der Waals surface area contributed by atoms with Gasteiger partial charge in [-0.3, -0.25) is 14.4 Å². The van der Waals surface area contributed by atoms with Crippen molar-refractivity contribution in [3.05, 3.63) is 25.3 Å². The van der Waals surface area contributed by atoms with Crippen LogP contribution in [0.5, 0.6) is 0 Å². The number of aliphatic hydroxyl groups excluding tert-OH is 1. The number of amides is 3. The number of fused-ring (bicyclic) bond motifs is 1. The summed E-state index contributed by atoms with van der Waals surface area (Å²) in [6.07, 6.45) is 7.28. The Kier molecular flexibility index (Phi) is 8.09. The predicted molar refractivity (Wildman–Crippen MR) is 127 cm³/mol. The second-order valence-corrected chi connectivity index (χ2v) is 10.7. The number of hydrogen-bond acceptors (Lipinski definition) is 5. The first-order chi connectivity index (χ1) is 15.4. The highest BCUT2D eigenvalue weighted by Gasteiger charge is 2.73. The summed E-state index contributed by atoms with van der Waals surface area (Å²) in [5.74, 6) is -1.09. The molecule has 0 aromatic heterocycles. The van der Waals surface area contributed by atoms with Crippen LogP contribution in [0.15, 0.2) is 25.3 Å². The zero-order chi connectivity index (χ0) is 23.5. The number of thioether (sulfide) groups is 1. The Morgan fingerprint density at radius 2 is 1.97 bits per heavy atom. The van der Waals surface area contributed by atoms with Crippen molar-refractivity contribution in [2.75, 3.05) is 39.8 Å². The molecule has 3 aliphatic heterocycles. The van der Waals surface area contributed by atoms with Gasteiger partial charge in [-0.1, -0.05) is 25.5 Å². The predicted octanol–water partition coefficient (Wildman–Crippen LogP) is 1.92. The van der Waals surface area contributed by atoms with Gasteiger partial charge in [0.25, 0.3) is 0 Å². The summed E-state index contributed by atoms with van der Waals surface area (Å²) in [6.45, 7) is 11.4. The van der Waals surface area contributed by atoms with Crippen LogP contribution < -0.4 is 0 Å². The summed E-state index contributed by atoms with van der Waals surface area (Å²) in [5.41, 5.74) is 0. The maximum atomic E-state index is 13.9.